The fraction of sp³-hybridized carbons (Fsp3) is 0.750. The van der Waals surface area contributed by atoms with Gasteiger partial charge < -0.3 is 9.84 Å². The molecule has 1 aliphatic rings. The van der Waals surface area contributed by atoms with Crippen LogP contribution in [0.15, 0.2) is 12.2 Å². The molecule has 1 rings (SSSR count). The smallest absolute Gasteiger partial charge is 0.302 e. The first-order valence-corrected chi connectivity index (χ1v) is 5.60. The van der Waals surface area contributed by atoms with Crippen molar-refractivity contribution in [2.24, 2.45) is 5.92 Å². The number of carbonyl (C=O) groups excluding carboxylic acids is 1. The highest BCUT2D eigenvalue weighted by Crippen LogP contribution is 2.28. The summed E-state index contributed by atoms with van der Waals surface area (Å²) >= 11 is 0. The number of ether oxygens (including phenoxy) is 1. The van der Waals surface area contributed by atoms with Gasteiger partial charge in [-0.3, -0.25) is 4.79 Å². The van der Waals surface area contributed by atoms with Gasteiger partial charge >= 0.3 is 5.97 Å². The molecule has 15 heavy (non-hydrogen) atoms. The Bertz CT molecular complexity index is 229. The number of esters is 1. The third-order valence-corrected chi connectivity index (χ3v) is 2.98. The lowest BCUT2D eigenvalue weighted by molar-refractivity contribution is -0.140. The summed E-state index contributed by atoms with van der Waals surface area (Å²) < 4.78 is 4.82. The van der Waals surface area contributed by atoms with Crippen LogP contribution in [0, 0.1) is 5.92 Å². The molecule has 1 fully saturated rings. The average Bonchev–Trinajstić information content (AvgIpc) is 2.26. The Kier molecular flexibility index (Phi) is 4.82. The van der Waals surface area contributed by atoms with Crippen LogP contribution in [0.3, 0.4) is 0 Å². The Labute approximate surface area is 91.1 Å². The summed E-state index contributed by atoms with van der Waals surface area (Å²) in [6, 6.07) is 0. The number of hydrogen-bond donors (Lipinski definition) is 1. The maximum atomic E-state index is 10.6. The number of aliphatic hydroxyl groups excluding tert-OH is 1. The monoisotopic (exact) mass is 212 g/mol. The molecule has 1 saturated carbocycles. The van der Waals surface area contributed by atoms with Crippen molar-refractivity contribution in [3.8, 4) is 0 Å². The van der Waals surface area contributed by atoms with E-state index in [1.165, 1.54) is 26.2 Å². The van der Waals surface area contributed by atoms with Gasteiger partial charge in [0, 0.05) is 6.92 Å². The SMILES string of the molecule is C=C(COC(C)=O)C(O)C1CCCCC1. The van der Waals surface area contributed by atoms with E-state index in [1.54, 1.807) is 0 Å². The van der Waals surface area contributed by atoms with Gasteiger partial charge in [0.15, 0.2) is 0 Å². The molecule has 1 atom stereocenters. The first kappa shape index (κ1) is 12.2. The number of rotatable bonds is 4. The molecule has 1 unspecified atom stereocenters. The second kappa shape index (κ2) is 5.91. The molecule has 0 bridgehead atoms. The Morgan fingerprint density at radius 3 is 2.60 bits per heavy atom. The molecule has 86 valence electrons. The number of aliphatic hydroxyl groups is 1. The van der Waals surface area contributed by atoms with Crippen LogP contribution in [0.5, 0.6) is 0 Å². The normalized spacial score (nSPS) is 19.6. The lowest BCUT2D eigenvalue weighted by Crippen LogP contribution is -2.26. The highest BCUT2D eigenvalue weighted by Gasteiger charge is 2.23. The van der Waals surface area contributed by atoms with E-state index in [0.29, 0.717) is 11.5 Å². The minimum atomic E-state index is -0.510. The van der Waals surface area contributed by atoms with Crippen molar-refractivity contribution < 1.29 is 14.6 Å². The quantitative estimate of drug-likeness (QED) is 0.573. The summed E-state index contributed by atoms with van der Waals surface area (Å²) in [5, 5.41) is 9.96. The van der Waals surface area contributed by atoms with E-state index in [0.717, 1.165) is 12.8 Å². The van der Waals surface area contributed by atoms with Crippen molar-refractivity contribution in [3.63, 3.8) is 0 Å². The number of carbonyl (C=O) groups is 1. The predicted octanol–water partition coefficient (Wildman–Crippen LogP) is 2.05. The van der Waals surface area contributed by atoms with Crippen LogP contribution >= 0.6 is 0 Å². The zero-order chi connectivity index (χ0) is 11.3. The van der Waals surface area contributed by atoms with E-state index < -0.39 is 6.10 Å². The Balaban J connectivity index is 2.33. The van der Waals surface area contributed by atoms with Crippen LogP contribution < -0.4 is 0 Å². The molecular formula is C12H20O3. The summed E-state index contributed by atoms with van der Waals surface area (Å²) in [7, 11) is 0. The number of hydrogen-bond acceptors (Lipinski definition) is 3. The van der Waals surface area contributed by atoms with Crippen LogP contribution in [0.25, 0.3) is 0 Å². The lowest BCUT2D eigenvalue weighted by Gasteiger charge is -2.27. The molecular weight excluding hydrogens is 192 g/mol. The van der Waals surface area contributed by atoms with Gasteiger partial charge in [-0.05, 0) is 24.3 Å². The standard InChI is InChI=1S/C12H20O3/c1-9(8-15-10(2)13)12(14)11-6-4-3-5-7-11/h11-12,14H,1,3-8H2,2H3. The fourth-order valence-electron chi connectivity index (χ4n) is 2.06. The summed E-state index contributed by atoms with van der Waals surface area (Å²) in [5.74, 6) is -0.0196. The molecule has 0 heterocycles. The van der Waals surface area contributed by atoms with Crippen LogP contribution in [0.4, 0.5) is 0 Å². The highest BCUT2D eigenvalue weighted by molar-refractivity contribution is 5.66. The Morgan fingerprint density at radius 1 is 1.47 bits per heavy atom. The largest absolute Gasteiger partial charge is 0.461 e. The van der Waals surface area contributed by atoms with Gasteiger partial charge in [0.25, 0.3) is 0 Å². The van der Waals surface area contributed by atoms with Crippen molar-refractivity contribution >= 4 is 5.97 Å². The van der Waals surface area contributed by atoms with Crippen molar-refractivity contribution in [2.75, 3.05) is 6.61 Å². The van der Waals surface area contributed by atoms with Crippen LogP contribution in [-0.4, -0.2) is 23.8 Å². The molecule has 3 heteroatoms. The van der Waals surface area contributed by atoms with E-state index >= 15 is 0 Å². The van der Waals surface area contributed by atoms with Crippen LogP contribution in [0.2, 0.25) is 0 Å². The summed E-state index contributed by atoms with van der Waals surface area (Å²) in [6.45, 7) is 5.28. The van der Waals surface area contributed by atoms with E-state index in [9.17, 15) is 9.90 Å². The highest BCUT2D eigenvalue weighted by atomic mass is 16.5. The third-order valence-electron chi connectivity index (χ3n) is 2.98. The third kappa shape index (κ3) is 4.04. The molecule has 1 N–H and O–H groups in total. The molecule has 0 aromatic carbocycles. The molecule has 0 saturated heterocycles. The molecule has 0 spiro atoms. The van der Waals surface area contributed by atoms with E-state index in [-0.39, 0.29) is 12.6 Å². The van der Waals surface area contributed by atoms with Gasteiger partial charge in [0.05, 0.1) is 6.10 Å². The van der Waals surface area contributed by atoms with Crippen molar-refractivity contribution in [1.29, 1.82) is 0 Å². The summed E-state index contributed by atoms with van der Waals surface area (Å²) in [5.41, 5.74) is 0.622. The van der Waals surface area contributed by atoms with Gasteiger partial charge in [0.2, 0.25) is 0 Å². The first-order chi connectivity index (χ1) is 7.11. The van der Waals surface area contributed by atoms with Crippen molar-refractivity contribution in [2.45, 2.75) is 45.1 Å². The minimum Gasteiger partial charge on any atom is -0.461 e. The van der Waals surface area contributed by atoms with Gasteiger partial charge in [-0.15, -0.1) is 0 Å². The van der Waals surface area contributed by atoms with Gasteiger partial charge in [-0.1, -0.05) is 25.8 Å². The second-order valence-corrected chi connectivity index (χ2v) is 4.28. The zero-order valence-corrected chi connectivity index (χ0v) is 9.37. The molecule has 0 amide bonds. The van der Waals surface area contributed by atoms with Gasteiger partial charge in [0.1, 0.15) is 6.61 Å². The zero-order valence-electron chi connectivity index (χ0n) is 9.37. The predicted molar refractivity (Wildman–Crippen MR) is 58.4 cm³/mol. The summed E-state index contributed by atoms with van der Waals surface area (Å²) in [6.07, 6.45) is 5.23. The van der Waals surface area contributed by atoms with Gasteiger partial charge in [-0.25, -0.2) is 0 Å². The molecule has 0 radical (unpaired) electrons. The van der Waals surface area contributed by atoms with E-state index in [2.05, 4.69) is 6.58 Å². The second-order valence-electron chi connectivity index (χ2n) is 4.28. The average molecular weight is 212 g/mol. The Morgan fingerprint density at radius 2 is 2.07 bits per heavy atom. The summed E-state index contributed by atoms with van der Waals surface area (Å²) in [4.78, 5) is 10.6. The Hall–Kier alpha value is -0.830. The first-order valence-electron chi connectivity index (χ1n) is 5.60. The van der Waals surface area contributed by atoms with E-state index in [4.69, 9.17) is 4.74 Å². The molecule has 0 aliphatic heterocycles. The maximum absolute atomic E-state index is 10.6. The van der Waals surface area contributed by atoms with E-state index in [1.807, 2.05) is 0 Å². The molecule has 0 aromatic rings. The van der Waals surface area contributed by atoms with Crippen LogP contribution in [-0.2, 0) is 9.53 Å². The van der Waals surface area contributed by atoms with Gasteiger partial charge in [-0.2, -0.15) is 0 Å². The molecule has 0 aromatic heterocycles. The van der Waals surface area contributed by atoms with Crippen molar-refractivity contribution in [1.82, 2.24) is 0 Å². The molecule has 1 aliphatic carbocycles. The maximum Gasteiger partial charge on any atom is 0.302 e. The molecule has 3 nitrogen and oxygen atoms in total. The van der Waals surface area contributed by atoms with Crippen LogP contribution in [0.1, 0.15) is 39.0 Å². The fourth-order valence-corrected chi connectivity index (χ4v) is 2.06. The topological polar surface area (TPSA) is 46.5 Å². The van der Waals surface area contributed by atoms with Crippen molar-refractivity contribution in [3.05, 3.63) is 12.2 Å². The lowest BCUT2D eigenvalue weighted by atomic mass is 9.83. The minimum absolute atomic E-state index is 0.146.